The van der Waals surface area contributed by atoms with Gasteiger partial charge in [-0.2, -0.15) is 0 Å². The second kappa shape index (κ2) is 7.07. The number of imide groups is 1. The van der Waals surface area contributed by atoms with Crippen LogP contribution in [0.1, 0.15) is 15.9 Å². The van der Waals surface area contributed by atoms with Crippen molar-refractivity contribution in [3.8, 4) is 0 Å². The van der Waals surface area contributed by atoms with Gasteiger partial charge in [0.15, 0.2) is 4.32 Å². The molecule has 1 aliphatic heterocycles. The summed E-state index contributed by atoms with van der Waals surface area (Å²) in [5, 5.41) is 0.583. The average molecular weight is 394 g/mol. The Morgan fingerprint density at radius 2 is 1.83 bits per heavy atom. The smallest absolute Gasteiger partial charge is 0.268 e. The van der Waals surface area contributed by atoms with E-state index in [1.807, 2.05) is 30.3 Å². The molecule has 0 unspecified atom stereocenters. The third-order valence-electron chi connectivity index (χ3n) is 3.26. The standard InChI is InChI=1S/C17H9Cl2NO2S2/c18-11-6-7-12(13(19)9-11)15(21)20-16(22)14(24-17(20)23)8-10-4-2-1-3-5-10/h1-9H. The van der Waals surface area contributed by atoms with Gasteiger partial charge in [-0.15, -0.1) is 0 Å². The topological polar surface area (TPSA) is 37.4 Å². The van der Waals surface area contributed by atoms with Crippen LogP contribution in [0, 0.1) is 0 Å². The molecule has 1 aliphatic rings. The Balaban J connectivity index is 1.92. The highest BCUT2D eigenvalue weighted by Gasteiger charge is 2.37. The summed E-state index contributed by atoms with van der Waals surface area (Å²) in [6.45, 7) is 0. The van der Waals surface area contributed by atoms with Crippen LogP contribution in [-0.2, 0) is 4.79 Å². The first-order valence-electron chi connectivity index (χ1n) is 6.80. The molecular formula is C17H9Cl2NO2S2. The minimum absolute atomic E-state index is 0.175. The lowest BCUT2D eigenvalue weighted by Crippen LogP contribution is -2.34. The first-order valence-corrected chi connectivity index (χ1v) is 8.78. The van der Waals surface area contributed by atoms with Crippen molar-refractivity contribution in [2.24, 2.45) is 0 Å². The monoisotopic (exact) mass is 393 g/mol. The van der Waals surface area contributed by atoms with Crippen molar-refractivity contribution >= 4 is 69.4 Å². The van der Waals surface area contributed by atoms with Crippen molar-refractivity contribution < 1.29 is 9.59 Å². The van der Waals surface area contributed by atoms with Gasteiger partial charge in [0.25, 0.3) is 11.8 Å². The van der Waals surface area contributed by atoms with E-state index in [0.29, 0.717) is 9.93 Å². The zero-order chi connectivity index (χ0) is 17.3. The number of carbonyl (C=O) groups excluding carboxylic acids is 2. The fourth-order valence-corrected chi connectivity index (χ4v) is 3.87. The number of hydrogen-bond donors (Lipinski definition) is 0. The minimum atomic E-state index is -0.560. The Morgan fingerprint density at radius 1 is 1.12 bits per heavy atom. The highest BCUT2D eigenvalue weighted by molar-refractivity contribution is 8.26. The molecule has 0 N–H and O–H groups in total. The molecule has 1 heterocycles. The van der Waals surface area contributed by atoms with Crippen molar-refractivity contribution in [1.29, 1.82) is 0 Å². The highest BCUT2D eigenvalue weighted by Crippen LogP contribution is 2.34. The Hall–Kier alpha value is -1.66. The maximum atomic E-state index is 12.6. The molecular weight excluding hydrogens is 385 g/mol. The van der Waals surface area contributed by atoms with Crippen LogP contribution in [-0.4, -0.2) is 21.0 Å². The lowest BCUT2D eigenvalue weighted by Gasteiger charge is -2.13. The summed E-state index contributed by atoms with van der Waals surface area (Å²) in [6.07, 6.45) is 1.70. The summed E-state index contributed by atoms with van der Waals surface area (Å²) in [5.41, 5.74) is 1.04. The van der Waals surface area contributed by atoms with Crippen LogP contribution in [0.3, 0.4) is 0 Å². The molecule has 0 aromatic heterocycles. The molecule has 0 saturated carbocycles. The number of thiocarbonyl (C=S) groups is 1. The maximum Gasteiger partial charge on any atom is 0.273 e. The summed E-state index contributed by atoms with van der Waals surface area (Å²) in [4.78, 5) is 26.6. The van der Waals surface area contributed by atoms with E-state index in [4.69, 9.17) is 35.4 Å². The quantitative estimate of drug-likeness (QED) is 0.407. The van der Waals surface area contributed by atoms with Gasteiger partial charge in [-0.05, 0) is 29.8 Å². The van der Waals surface area contributed by atoms with E-state index in [0.717, 1.165) is 22.2 Å². The second-order valence-electron chi connectivity index (χ2n) is 4.86. The third kappa shape index (κ3) is 3.39. The van der Waals surface area contributed by atoms with Gasteiger partial charge >= 0.3 is 0 Å². The zero-order valence-electron chi connectivity index (χ0n) is 12.0. The van der Waals surface area contributed by atoms with Crippen molar-refractivity contribution in [1.82, 2.24) is 4.90 Å². The predicted molar refractivity (Wildman–Crippen MR) is 102 cm³/mol. The first-order chi connectivity index (χ1) is 11.5. The van der Waals surface area contributed by atoms with Crippen LogP contribution >= 0.6 is 47.2 Å². The van der Waals surface area contributed by atoms with Gasteiger partial charge in [-0.3, -0.25) is 9.59 Å². The van der Waals surface area contributed by atoms with Gasteiger partial charge in [0, 0.05) is 5.02 Å². The Kier molecular flexibility index (Phi) is 5.06. The molecule has 120 valence electrons. The molecule has 0 aliphatic carbocycles. The molecule has 1 fully saturated rings. The second-order valence-corrected chi connectivity index (χ2v) is 7.38. The molecule has 0 bridgehead atoms. The SMILES string of the molecule is O=C1C(=Cc2ccccc2)SC(=S)N1C(=O)c1ccc(Cl)cc1Cl. The number of nitrogens with zero attached hydrogens (tertiary/aromatic N) is 1. The molecule has 24 heavy (non-hydrogen) atoms. The summed E-state index contributed by atoms with van der Waals surface area (Å²) < 4.78 is 0.179. The van der Waals surface area contributed by atoms with Crippen molar-refractivity contribution in [3.05, 3.63) is 74.6 Å². The summed E-state index contributed by atoms with van der Waals surface area (Å²) in [7, 11) is 0. The number of rotatable bonds is 2. The Bertz CT molecular complexity index is 881. The molecule has 2 aromatic carbocycles. The molecule has 3 nitrogen and oxygen atoms in total. The molecule has 7 heteroatoms. The number of hydrogen-bond acceptors (Lipinski definition) is 4. The largest absolute Gasteiger partial charge is 0.273 e. The number of benzene rings is 2. The van der Waals surface area contributed by atoms with Gasteiger partial charge in [-0.1, -0.05) is 77.5 Å². The van der Waals surface area contributed by atoms with Gasteiger partial charge in [0.05, 0.1) is 15.5 Å². The van der Waals surface area contributed by atoms with Crippen molar-refractivity contribution in [2.75, 3.05) is 0 Å². The normalized spacial score (nSPS) is 16.1. The van der Waals surface area contributed by atoms with Crippen molar-refractivity contribution in [2.45, 2.75) is 0 Å². The van der Waals surface area contributed by atoms with E-state index < -0.39 is 11.8 Å². The third-order valence-corrected chi connectivity index (χ3v) is 5.11. The van der Waals surface area contributed by atoms with Crippen LogP contribution in [0.4, 0.5) is 0 Å². The molecule has 2 amide bonds. The number of halogens is 2. The van der Waals surface area contributed by atoms with Gasteiger partial charge in [-0.25, -0.2) is 4.90 Å². The van der Waals surface area contributed by atoms with Crippen LogP contribution in [0.25, 0.3) is 6.08 Å². The zero-order valence-corrected chi connectivity index (χ0v) is 15.2. The van der Waals surface area contributed by atoms with Gasteiger partial charge in [0.2, 0.25) is 0 Å². The molecule has 0 radical (unpaired) electrons. The van der Waals surface area contributed by atoms with E-state index >= 15 is 0 Å². The molecule has 2 aromatic rings. The predicted octanol–water partition coefficient (Wildman–Crippen LogP) is 5.04. The van der Waals surface area contributed by atoms with Crippen LogP contribution in [0.2, 0.25) is 10.0 Å². The van der Waals surface area contributed by atoms with E-state index in [2.05, 4.69) is 0 Å². The summed E-state index contributed by atoms with van der Waals surface area (Å²) >= 11 is 18.2. The van der Waals surface area contributed by atoms with Gasteiger partial charge < -0.3 is 0 Å². The minimum Gasteiger partial charge on any atom is -0.268 e. The molecule has 0 spiro atoms. The number of carbonyl (C=O) groups is 2. The maximum absolute atomic E-state index is 12.6. The van der Waals surface area contributed by atoms with E-state index in [1.165, 1.54) is 18.2 Å². The molecule has 3 rings (SSSR count). The average Bonchev–Trinajstić information content (AvgIpc) is 2.82. The summed E-state index contributed by atoms with van der Waals surface area (Å²) in [5.74, 6) is -1.01. The van der Waals surface area contributed by atoms with Crippen LogP contribution in [0.15, 0.2) is 53.4 Å². The Labute approximate surface area is 158 Å². The lowest BCUT2D eigenvalue weighted by molar-refractivity contribution is -0.120. The first kappa shape index (κ1) is 17.2. The number of thioether (sulfide) groups is 1. The van der Waals surface area contributed by atoms with Crippen LogP contribution in [0.5, 0.6) is 0 Å². The fourth-order valence-electron chi connectivity index (χ4n) is 2.13. The highest BCUT2D eigenvalue weighted by atomic mass is 35.5. The number of amides is 2. The fraction of sp³-hybridized carbons (Fsp3) is 0. The van der Waals surface area contributed by atoms with Gasteiger partial charge in [0.1, 0.15) is 0 Å². The van der Waals surface area contributed by atoms with Crippen molar-refractivity contribution in [3.63, 3.8) is 0 Å². The van der Waals surface area contributed by atoms with E-state index in [1.54, 1.807) is 6.08 Å². The molecule has 0 atom stereocenters. The van der Waals surface area contributed by atoms with E-state index in [-0.39, 0.29) is 14.9 Å². The summed E-state index contributed by atoms with van der Waals surface area (Å²) in [6, 6.07) is 13.8. The van der Waals surface area contributed by atoms with Crippen LogP contribution < -0.4 is 0 Å². The lowest BCUT2D eigenvalue weighted by atomic mass is 10.2. The van der Waals surface area contributed by atoms with E-state index in [9.17, 15) is 9.59 Å². The Morgan fingerprint density at radius 3 is 2.50 bits per heavy atom. The molecule has 1 saturated heterocycles.